The highest BCUT2D eigenvalue weighted by Gasteiger charge is 2.19. The van der Waals surface area contributed by atoms with Crippen molar-refractivity contribution in [3.63, 3.8) is 0 Å². The van der Waals surface area contributed by atoms with Crippen LogP contribution in [-0.2, 0) is 0 Å². The number of nitrogens with two attached hydrogens (primary N) is 1. The smallest absolute Gasteiger partial charge is 0.136 e. The van der Waals surface area contributed by atoms with E-state index in [9.17, 15) is 0 Å². The first-order valence-electron chi connectivity index (χ1n) is 13.8. The lowest BCUT2D eigenvalue weighted by Crippen LogP contribution is -2.09. The molecule has 216 valence electrons. The molecule has 42 heavy (non-hydrogen) atoms. The summed E-state index contributed by atoms with van der Waals surface area (Å²) in [5.41, 5.74) is 13.7. The van der Waals surface area contributed by atoms with Crippen LogP contribution in [0.25, 0.3) is 16.7 Å². The normalized spacial score (nSPS) is 13.8. The molecule has 1 aliphatic carbocycles. The van der Waals surface area contributed by atoms with Crippen molar-refractivity contribution in [2.75, 3.05) is 10.6 Å². The van der Waals surface area contributed by atoms with Crippen molar-refractivity contribution in [1.29, 1.82) is 0 Å². The first-order valence-corrected chi connectivity index (χ1v) is 13.8. The second-order valence-corrected chi connectivity index (χ2v) is 10.1. The maximum absolute atomic E-state index is 16.0. The van der Waals surface area contributed by atoms with E-state index in [1.54, 1.807) is 44.0 Å². The molecule has 0 bridgehead atoms. The van der Waals surface area contributed by atoms with Crippen molar-refractivity contribution in [2.45, 2.75) is 46.0 Å². The third-order valence-corrected chi connectivity index (χ3v) is 7.34. The molecule has 0 atom stereocenters. The molecular formula is C35H39FN6. The van der Waals surface area contributed by atoms with Gasteiger partial charge in [-0.1, -0.05) is 38.7 Å². The highest BCUT2D eigenvalue weighted by molar-refractivity contribution is 5.78. The van der Waals surface area contributed by atoms with E-state index >= 15 is 4.39 Å². The maximum atomic E-state index is 16.0. The second kappa shape index (κ2) is 15.2. The first-order chi connectivity index (χ1) is 20.3. The van der Waals surface area contributed by atoms with Gasteiger partial charge < -0.3 is 16.4 Å². The average Bonchev–Trinajstić information content (AvgIpc) is 3.57. The molecule has 3 aromatic heterocycles. The lowest BCUT2D eigenvalue weighted by Gasteiger charge is -2.18. The quantitative estimate of drug-likeness (QED) is 0.161. The van der Waals surface area contributed by atoms with Crippen LogP contribution in [0.1, 0.15) is 50.2 Å². The summed E-state index contributed by atoms with van der Waals surface area (Å²) in [6, 6.07) is 5.70. The largest absolute Gasteiger partial charge is 0.399 e. The Morgan fingerprint density at radius 3 is 2.36 bits per heavy atom. The van der Waals surface area contributed by atoms with Crippen LogP contribution in [0.15, 0.2) is 110 Å². The van der Waals surface area contributed by atoms with Crippen molar-refractivity contribution in [3.8, 4) is 24.0 Å². The van der Waals surface area contributed by atoms with Crippen molar-refractivity contribution >= 4 is 16.9 Å². The standard InChI is InChI=1S/C33H37FN6.C2H2/c1-6-31(35)29(15-21(2)39-32-20-38-19-30(23(32)4)26-11-13-36-14-12-26)33(34)22(3)27-16-28(18-37-17-27)40-24(5)25-9-7-8-10-25;1-2/h6,11-14,16-20,25,39-40H,2-3,5,7-10,15,35H2,1,4H3;1-2H/b31-6+,33-29+;. The summed E-state index contributed by atoms with van der Waals surface area (Å²) in [4.78, 5) is 12.8. The molecule has 1 fully saturated rings. The fourth-order valence-electron chi connectivity index (χ4n) is 4.95. The van der Waals surface area contributed by atoms with E-state index in [-0.39, 0.29) is 12.0 Å². The Morgan fingerprint density at radius 1 is 1.02 bits per heavy atom. The van der Waals surface area contributed by atoms with Gasteiger partial charge in [-0.15, -0.1) is 12.8 Å². The SMILES string of the molecule is C#C.C=C(CC(/C(N)=C\C)=C(\F)C(=C)c1cncc(NC(=C)C2CCCC2)c1)Nc1cncc(-c2ccncc2)c1C. The molecule has 0 unspecified atom stereocenters. The van der Waals surface area contributed by atoms with Gasteiger partial charge in [-0.2, -0.15) is 0 Å². The van der Waals surface area contributed by atoms with Gasteiger partial charge >= 0.3 is 0 Å². The van der Waals surface area contributed by atoms with E-state index in [1.165, 1.54) is 12.8 Å². The minimum absolute atomic E-state index is 0.157. The lowest BCUT2D eigenvalue weighted by atomic mass is 9.98. The highest BCUT2D eigenvalue weighted by Crippen LogP contribution is 2.34. The maximum Gasteiger partial charge on any atom is 0.136 e. The van der Waals surface area contributed by atoms with Crippen LogP contribution in [0.5, 0.6) is 0 Å². The molecule has 0 radical (unpaired) electrons. The van der Waals surface area contributed by atoms with E-state index in [0.29, 0.717) is 28.4 Å². The molecule has 1 aliphatic rings. The van der Waals surface area contributed by atoms with Gasteiger partial charge in [0.2, 0.25) is 0 Å². The third-order valence-electron chi connectivity index (χ3n) is 7.34. The van der Waals surface area contributed by atoms with Gasteiger partial charge in [-0.25, -0.2) is 4.39 Å². The predicted octanol–water partition coefficient (Wildman–Crippen LogP) is 8.33. The van der Waals surface area contributed by atoms with Crippen LogP contribution in [0.2, 0.25) is 0 Å². The predicted molar refractivity (Wildman–Crippen MR) is 174 cm³/mol. The average molecular weight is 563 g/mol. The molecule has 3 heterocycles. The number of nitrogens with zero attached hydrogens (tertiary/aromatic N) is 3. The van der Waals surface area contributed by atoms with Crippen LogP contribution in [0.4, 0.5) is 15.8 Å². The summed E-state index contributed by atoms with van der Waals surface area (Å²) in [6.45, 7) is 16.2. The van der Waals surface area contributed by atoms with E-state index in [0.717, 1.165) is 46.6 Å². The highest BCUT2D eigenvalue weighted by atomic mass is 19.1. The Bertz CT molecular complexity index is 1510. The Morgan fingerprint density at radius 2 is 1.69 bits per heavy atom. The number of terminal acetylenes is 1. The first kappa shape index (κ1) is 31.6. The van der Waals surface area contributed by atoms with E-state index in [1.807, 2.05) is 31.3 Å². The van der Waals surface area contributed by atoms with Gasteiger partial charge in [-0.3, -0.25) is 15.0 Å². The number of rotatable bonds is 11. The summed E-state index contributed by atoms with van der Waals surface area (Å²) in [5.74, 6) is -0.0557. The van der Waals surface area contributed by atoms with Gasteiger partial charge in [0.15, 0.2) is 0 Å². The van der Waals surface area contributed by atoms with Gasteiger partial charge in [0.1, 0.15) is 5.83 Å². The number of nitrogens with one attached hydrogen (secondary N) is 2. The van der Waals surface area contributed by atoms with Crippen LogP contribution in [0, 0.1) is 25.7 Å². The van der Waals surface area contributed by atoms with Crippen LogP contribution in [0.3, 0.4) is 0 Å². The summed E-state index contributed by atoms with van der Waals surface area (Å²) >= 11 is 0. The zero-order chi connectivity index (χ0) is 30.6. The van der Waals surface area contributed by atoms with E-state index in [4.69, 9.17) is 5.73 Å². The molecule has 0 saturated heterocycles. The van der Waals surface area contributed by atoms with Crippen molar-refractivity contribution in [1.82, 2.24) is 15.0 Å². The fourth-order valence-corrected chi connectivity index (χ4v) is 4.95. The van der Waals surface area contributed by atoms with E-state index < -0.39 is 5.83 Å². The number of allylic oxidation sites excluding steroid dienone is 6. The molecule has 4 rings (SSSR count). The lowest BCUT2D eigenvalue weighted by molar-refractivity contribution is 0.649. The fraction of sp³-hybridized carbons (Fsp3) is 0.229. The molecule has 3 aromatic rings. The Hall–Kier alpha value is -4.96. The summed E-state index contributed by atoms with van der Waals surface area (Å²) in [5, 5.41) is 6.66. The van der Waals surface area contributed by atoms with Gasteiger partial charge in [-0.05, 0) is 61.9 Å². The Kier molecular flexibility index (Phi) is 11.4. The molecule has 1 saturated carbocycles. The number of halogens is 1. The van der Waals surface area contributed by atoms with Gasteiger partial charge in [0.05, 0.1) is 23.8 Å². The minimum Gasteiger partial charge on any atom is -0.399 e. The minimum atomic E-state index is -0.507. The molecule has 0 aliphatic heterocycles. The zero-order valence-corrected chi connectivity index (χ0v) is 24.5. The Labute approximate surface area is 249 Å². The van der Waals surface area contributed by atoms with Gasteiger partial charge in [0.25, 0.3) is 0 Å². The molecule has 0 aromatic carbocycles. The Balaban J connectivity index is 0.00000237. The van der Waals surface area contributed by atoms with Crippen LogP contribution < -0.4 is 16.4 Å². The summed E-state index contributed by atoms with van der Waals surface area (Å²) in [6.07, 6.45) is 24.9. The topological polar surface area (TPSA) is 88.8 Å². The van der Waals surface area contributed by atoms with E-state index in [2.05, 4.69) is 58.2 Å². The van der Waals surface area contributed by atoms with Crippen molar-refractivity contribution < 1.29 is 4.39 Å². The van der Waals surface area contributed by atoms with Crippen LogP contribution in [-0.4, -0.2) is 15.0 Å². The zero-order valence-electron chi connectivity index (χ0n) is 24.5. The second-order valence-electron chi connectivity index (χ2n) is 10.1. The molecule has 7 heteroatoms. The number of aromatic nitrogens is 3. The van der Waals surface area contributed by atoms with Crippen molar-refractivity contribution in [3.05, 3.63) is 121 Å². The summed E-state index contributed by atoms with van der Waals surface area (Å²) in [7, 11) is 0. The van der Waals surface area contributed by atoms with Crippen molar-refractivity contribution in [2.24, 2.45) is 11.7 Å². The van der Waals surface area contributed by atoms with Gasteiger partial charge in [0, 0.05) is 70.6 Å². The number of hydrogen-bond acceptors (Lipinski definition) is 6. The molecule has 0 spiro atoms. The molecule has 0 amide bonds. The molecular weight excluding hydrogens is 523 g/mol. The molecule has 4 N–H and O–H groups in total. The number of hydrogen-bond donors (Lipinski definition) is 3. The summed E-state index contributed by atoms with van der Waals surface area (Å²) < 4.78 is 16.0. The third kappa shape index (κ3) is 7.82. The monoisotopic (exact) mass is 562 g/mol. The number of pyridine rings is 3. The van der Waals surface area contributed by atoms with Crippen LogP contribution >= 0.6 is 0 Å². The molecule has 6 nitrogen and oxygen atoms in total. The number of anilines is 2.